The summed E-state index contributed by atoms with van der Waals surface area (Å²) in [4.78, 5) is 11.9. The molecule has 0 unspecified atom stereocenters. The molecule has 2 aliphatic heterocycles. The lowest BCUT2D eigenvalue weighted by molar-refractivity contribution is -0.00833. The number of nitrogens with one attached hydrogen (secondary N) is 2. The zero-order valence-electron chi connectivity index (χ0n) is 17.4. The van der Waals surface area contributed by atoms with Crippen molar-refractivity contribution in [2.45, 2.75) is 32.2 Å². The van der Waals surface area contributed by atoms with Gasteiger partial charge in [0, 0.05) is 64.9 Å². The van der Waals surface area contributed by atoms with Gasteiger partial charge in [-0.25, -0.2) is 0 Å². The molecule has 152 valence electrons. The highest BCUT2D eigenvalue weighted by Gasteiger charge is 2.28. The van der Waals surface area contributed by atoms with E-state index in [1.807, 2.05) is 7.05 Å². The molecule has 0 radical (unpaired) electrons. The van der Waals surface area contributed by atoms with Gasteiger partial charge in [-0.3, -0.25) is 9.89 Å². The number of morpholine rings is 1. The smallest absolute Gasteiger partial charge is 0.191 e. The zero-order valence-corrected chi connectivity index (χ0v) is 17.4. The van der Waals surface area contributed by atoms with Gasteiger partial charge in [0.25, 0.3) is 0 Å². The van der Waals surface area contributed by atoms with Crippen LogP contribution in [-0.4, -0.2) is 112 Å². The van der Waals surface area contributed by atoms with E-state index in [-0.39, 0.29) is 5.54 Å². The Morgan fingerprint density at radius 2 is 1.69 bits per heavy atom. The van der Waals surface area contributed by atoms with Gasteiger partial charge in [-0.15, -0.1) is 0 Å². The zero-order chi connectivity index (χ0) is 18.8. The van der Waals surface area contributed by atoms with Crippen LogP contribution in [0.3, 0.4) is 0 Å². The van der Waals surface area contributed by atoms with E-state index in [4.69, 9.17) is 4.74 Å². The molecule has 2 heterocycles. The van der Waals surface area contributed by atoms with Crippen LogP contribution in [0.2, 0.25) is 0 Å². The van der Waals surface area contributed by atoms with Crippen LogP contribution in [-0.2, 0) is 4.74 Å². The second-order valence-corrected chi connectivity index (χ2v) is 8.12. The number of unbranched alkanes of at least 4 members (excludes halogenated alkanes) is 1. The minimum atomic E-state index is 0.100. The van der Waals surface area contributed by atoms with Crippen LogP contribution < -0.4 is 10.6 Å². The van der Waals surface area contributed by atoms with Crippen LogP contribution in [0.5, 0.6) is 0 Å². The number of guanidine groups is 1. The summed E-state index contributed by atoms with van der Waals surface area (Å²) in [5, 5.41) is 6.95. The van der Waals surface area contributed by atoms with Crippen LogP contribution in [0.25, 0.3) is 0 Å². The van der Waals surface area contributed by atoms with Gasteiger partial charge in [0.15, 0.2) is 5.96 Å². The van der Waals surface area contributed by atoms with Gasteiger partial charge in [0.05, 0.1) is 13.2 Å². The Balaban J connectivity index is 1.57. The molecular weight excluding hydrogens is 328 g/mol. The largest absolute Gasteiger partial charge is 0.379 e. The Morgan fingerprint density at radius 3 is 2.35 bits per heavy atom. The first kappa shape index (κ1) is 21.4. The Bertz CT molecular complexity index is 414. The normalized spacial score (nSPS) is 21.8. The Hall–Kier alpha value is -0.890. The number of ether oxygens (including phenoxy) is 1. The first-order valence-electron chi connectivity index (χ1n) is 10.2. The van der Waals surface area contributed by atoms with Crippen molar-refractivity contribution in [2.24, 2.45) is 4.99 Å². The highest BCUT2D eigenvalue weighted by Crippen LogP contribution is 2.14. The Labute approximate surface area is 160 Å². The fourth-order valence-electron chi connectivity index (χ4n) is 3.54. The minimum Gasteiger partial charge on any atom is -0.379 e. The van der Waals surface area contributed by atoms with Gasteiger partial charge >= 0.3 is 0 Å². The molecule has 2 aliphatic rings. The summed E-state index contributed by atoms with van der Waals surface area (Å²) in [5.41, 5.74) is 0.100. The number of hydrogen-bond acceptors (Lipinski definition) is 5. The van der Waals surface area contributed by atoms with E-state index >= 15 is 0 Å². The number of rotatable bonds is 8. The summed E-state index contributed by atoms with van der Waals surface area (Å²) >= 11 is 0. The first-order chi connectivity index (χ1) is 12.5. The topological polar surface area (TPSA) is 55.4 Å². The summed E-state index contributed by atoms with van der Waals surface area (Å²) in [7, 11) is 4.06. The molecule has 26 heavy (non-hydrogen) atoms. The molecule has 0 amide bonds. The number of aliphatic imine (C=N–C) groups is 1. The second-order valence-electron chi connectivity index (χ2n) is 8.12. The average Bonchev–Trinajstić information content (AvgIpc) is 2.66. The lowest BCUT2D eigenvalue weighted by Gasteiger charge is -2.41. The molecule has 0 spiro atoms. The lowest BCUT2D eigenvalue weighted by Crippen LogP contribution is -2.56. The third-order valence-electron chi connectivity index (χ3n) is 5.57. The van der Waals surface area contributed by atoms with Gasteiger partial charge in [0.2, 0.25) is 0 Å². The molecule has 7 heteroatoms. The van der Waals surface area contributed by atoms with Crippen molar-refractivity contribution in [1.29, 1.82) is 0 Å². The van der Waals surface area contributed by atoms with Gasteiger partial charge in [0.1, 0.15) is 0 Å². The SMILES string of the molecule is CN=C(NCCCCN1CCN(C)CC1)NCC(C)(C)N1CCOCC1. The number of piperazine rings is 1. The third-order valence-corrected chi connectivity index (χ3v) is 5.57. The van der Waals surface area contributed by atoms with Crippen LogP contribution >= 0.6 is 0 Å². The first-order valence-corrected chi connectivity index (χ1v) is 10.2. The fourth-order valence-corrected chi connectivity index (χ4v) is 3.54. The van der Waals surface area contributed by atoms with Crippen molar-refractivity contribution >= 4 is 5.96 Å². The molecule has 2 fully saturated rings. The molecule has 2 N–H and O–H groups in total. The molecule has 0 aromatic heterocycles. The van der Waals surface area contributed by atoms with Crippen LogP contribution in [0, 0.1) is 0 Å². The molecule has 2 saturated heterocycles. The predicted octanol–water partition coefficient (Wildman–Crippen LogP) is 0.290. The minimum absolute atomic E-state index is 0.100. The molecule has 0 aromatic rings. The van der Waals surface area contributed by atoms with E-state index < -0.39 is 0 Å². The molecule has 0 bridgehead atoms. The van der Waals surface area contributed by atoms with Crippen LogP contribution in [0.15, 0.2) is 4.99 Å². The quantitative estimate of drug-likeness (QED) is 0.365. The highest BCUT2D eigenvalue weighted by molar-refractivity contribution is 5.79. The Morgan fingerprint density at radius 1 is 1.00 bits per heavy atom. The van der Waals surface area contributed by atoms with E-state index in [9.17, 15) is 0 Å². The number of likely N-dealkylation sites (N-methyl/N-ethyl adjacent to an activating group) is 1. The van der Waals surface area contributed by atoms with Gasteiger partial charge in [-0.2, -0.15) is 0 Å². The second kappa shape index (κ2) is 11.1. The summed E-state index contributed by atoms with van der Waals surface area (Å²) in [5.74, 6) is 0.908. The maximum atomic E-state index is 5.46. The van der Waals surface area contributed by atoms with E-state index in [0.717, 1.165) is 45.4 Å². The molecule has 0 atom stereocenters. The summed E-state index contributed by atoms with van der Waals surface area (Å²) < 4.78 is 5.46. The van der Waals surface area contributed by atoms with Crippen LogP contribution in [0.1, 0.15) is 26.7 Å². The molecule has 0 aliphatic carbocycles. The monoisotopic (exact) mass is 368 g/mol. The van der Waals surface area contributed by atoms with Crippen molar-refractivity contribution in [3.63, 3.8) is 0 Å². The van der Waals surface area contributed by atoms with Crippen molar-refractivity contribution in [3.05, 3.63) is 0 Å². The fraction of sp³-hybridized carbons (Fsp3) is 0.947. The predicted molar refractivity (Wildman–Crippen MR) is 109 cm³/mol. The lowest BCUT2D eigenvalue weighted by atomic mass is 10.0. The maximum Gasteiger partial charge on any atom is 0.191 e. The van der Waals surface area contributed by atoms with Crippen molar-refractivity contribution < 1.29 is 4.74 Å². The highest BCUT2D eigenvalue weighted by atomic mass is 16.5. The van der Waals surface area contributed by atoms with E-state index in [1.165, 1.54) is 45.6 Å². The molecule has 0 aromatic carbocycles. The summed E-state index contributed by atoms with van der Waals surface area (Å²) in [6.07, 6.45) is 2.42. The van der Waals surface area contributed by atoms with Crippen molar-refractivity contribution in [3.8, 4) is 0 Å². The van der Waals surface area contributed by atoms with Gasteiger partial charge in [-0.1, -0.05) is 0 Å². The standard InChI is InChI=1S/C19H40N6O/c1-19(2,25-13-15-26-16-14-25)17-22-18(20-3)21-7-5-6-8-24-11-9-23(4)10-12-24/h5-17H2,1-4H3,(H2,20,21,22). The molecule has 7 nitrogen and oxygen atoms in total. The van der Waals surface area contributed by atoms with Gasteiger partial charge in [-0.05, 0) is 40.3 Å². The summed E-state index contributed by atoms with van der Waals surface area (Å²) in [6, 6.07) is 0. The van der Waals surface area contributed by atoms with E-state index in [2.05, 4.69) is 51.2 Å². The number of hydrogen-bond donors (Lipinski definition) is 2. The number of nitrogens with zero attached hydrogens (tertiary/aromatic N) is 4. The molecule has 0 saturated carbocycles. The molecular formula is C19H40N6O. The summed E-state index contributed by atoms with van der Waals surface area (Å²) in [6.45, 7) is 16.2. The third kappa shape index (κ3) is 7.39. The van der Waals surface area contributed by atoms with E-state index in [0.29, 0.717) is 0 Å². The van der Waals surface area contributed by atoms with Gasteiger partial charge < -0.3 is 25.2 Å². The van der Waals surface area contributed by atoms with Crippen molar-refractivity contribution in [1.82, 2.24) is 25.3 Å². The molecule has 2 rings (SSSR count). The Kier molecular flexibility index (Phi) is 9.11. The van der Waals surface area contributed by atoms with Crippen LogP contribution in [0.4, 0.5) is 0 Å². The van der Waals surface area contributed by atoms with E-state index in [1.54, 1.807) is 0 Å². The van der Waals surface area contributed by atoms with Crippen molar-refractivity contribution in [2.75, 3.05) is 86.2 Å². The maximum absolute atomic E-state index is 5.46. The average molecular weight is 369 g/mol.